The molecule has 0 radical (unpaired) electrons. The normalized spacial score (nSPS) is 25.7. The van der Waals surface area contributed by atoms with Crippen molar-refractivity contribution in [2.75, 3.05) is 38.2 Å². The van der Waals surface area contributed by atoms with E-state index >= 15 is 0 Å². The van der Waals surface area contributed by atoms with Gasteiger partial charge in [-0.3, -0.25) is 19.3 Å². The summed E-state index contributed by atoms with van der Waals surface area (Å²) in [5.74, 6) is -0.0625. The standard InChI is InChI=1S/C34H44N4O4/c1-2-26-12-6-7-14-28(26)35-31(39)24-38-19-15-29-27(23-38)13-8-9-16-34(17-20-42-21-18-34)33(41)37-30(32(40)36-29)22-25-10-4-3-5-11-25/h3-12,14,27,29-30H,2,13,15-24H2,1H3,(H,35,39)(H,36,40)(H,37,41)/b9-8+/t27-,29-,30-/m0/s1. The number of carbonyl (C=O) groups excluding carboxylic acids is 3. The maximum absolute atomic E-state index is 13.8. The fourth-order valence-corrected chi connectivity index (χ4v) is 6.54. The van der Waals surface area contributed by atoms with Gasteiger partial charge in [0.15, 0.2) is 0 Å². The van der Waals surface area contributed by atoms with Crippen molar-refractivity contribution in [1.82, 2.24) is 15.5 Å². The molecule has 0 saturated carbocycles. The molecule has 3 aliphatic rings. The minimum absolute atomic E-state index is 0.0193. The molecule has 0 bridgehead atoms. The predicted octanol–water partition coefficient (Wildman–Crippen LogP) is 3.87. The lowest BCUT2D eigenvalue weighted by molar-refractivity contribution is -0.140. The zero-order valence-corrected chi connectivity index (χ0v) is 24.6. The molecule has 224 valence electrons. The van der Waals surface area contributed by atoms with Crippen molar-refractivity contribution >= 4 is 23.4 Å². The van der Waals surface area contributed by atoms with E-state index < -0.39 is 11.5 Å². The lowest BCUT2D eigenvalue weighted by Crippen LogP contribution is -2.58. The first-order valence-corrected chi connectivity index (χ1v) is 15.4. The Morgan fingerprint density at radius 2 is 1.79 bits per heavy atom. The average Bonchev–Trinajstić information content (AvgIpc) is 3.00. The molecule has 8 nitrogen and oxygen atoms in total. The van der Waals surface area contributed by atoms with Gasteiger partial charge in [-0.1, -0.05) is 67.6 Å². The number of aryl methyl sites for hydroxylation is 1. The molecule has 3 atom stereocenters. The number of hydrogen-bond acceptors (Lipinski definition) is 5. The number of ether oxygens (including phenoxy) is 1. The lowest BCUT2D eigenvalue weighted by Gasteiger charge is -2.40. The Labute approximate surface area is 249 Å². The Kier molecular flexibility index (Phi) is 10.1. The van der Waals surface area contributed by atoms with Crippen LogP contribution in [-0.4, -0.2) is 67.6 Å². The third-order valence-corrected chi connectivity index (χ3v) is 9.14. The molecule has 0 unspecified atom stereocenters. The highest BCUT2D eigenvalue weighted by Crippen LogP contribution is 2.36. The molecule has 8 heteroatoms. The maximum atomic E-state index is 13.8. The van der Waals surface area contributed by atoms with E-state index in [1.54, 1.807) is 0 Å². The highest BCUT2D eigenvalue weighted by molar-refractivity contribution is 5.93. The molecule has 2 saturated heterocycles. The van der Waals surface area contributed by atoms with Crippen molar-refractivity contribution < 1.29 is 19.1 Å². The van der Waals surface area contributed by atoms with Gasteiger partial charge in [-0.15, -0.1) is 0 Å². The molecule has 2 fully saturated rings. The average molecular weight is 573 g/mol. The molecule has 0 aliphatic carbocycles. The van der Waals surface area contributed by atoms with E-state index in [9.17, 15) is 14.4 Å². The van der Waals surface area contributed by atoms with Gasteiger partial charge >= 0.3 is 0 Å². The molecule has 2 aromatic carbocycles. The molecule has 3 heterocycles. The van der Waals surface area contributed by atoms with E-state index in [-0.39, 0.29) is 29.7 Å². The zero-order chi connectivity index (χ0) is 29.4. The van der Waals surface area contributed by atoms with Crippen molar-refractivity contribution in [2.24, 2.45) is 11.3 Å². The van der Waals surface area contributed by atoms with Crippen LogP contribution in [0.25, 0.3) is 0 Å². The number of nitrogens with zero attached hydrogens (tertiary/aromatic N) is 1. The quantitative estimate of drug-likeness (QED) is 0.457. The van der Waals surface area contributed by atoms with Crippen LogP contribution < -0.4 is 16.0 Å². The van der Waals surface area contributed by atoms with Crippen molar-refractivity contribution in [3.05, 3.63) is 77.9 Å². The molecular weight excluding hydrogens is 528 g/mol. The smallest absolute Gasteiger partial charge is 0.243 e. The number of allylic oxidation sites excluding steroid dienone is 2. The first-order chi connectivity index (χ1) is 20.5. The highest BCUT2D eigenvalue weighted by Gasteiger charge is 2.41. The largest absolute Gasteiger partial charge is 0.381 e. The number of amides is 3. The van der Waals surface area contributed by atoms with Crippen LogP contribution in [0.1, 0.15) is 50.2 Å². The topological polar surface area (TPSA) is 99.8 Å². The van der Waals surface area contributed by atoms with Crippen molar-refractivity contribution in [1.29, 1.82) is 0 Å². The number of nitrogens with one attached hydrogen (secondary N) is 3. The van der Waals surface area contributed by atoms with E-state index in [1.807, 2.05) is 54.6 Å². The van der Waals surface area contributed by atoms with Crippen LogP contribution in [0, 0.1) is 11.3 Å². The van der Waals surface area contributed by atoms with Crippen LogP contribution >= 0.6 is 0 Å². The number of benzene rings is 2. The first kappa shape index (κ1) is 30.0. The third-order valence-electron chi connectivity index (χ3n) is 9.14. The summed E-state index contributed by atoms with van der Waals surface area (Å²) in [5.41, 5.74) is 2.42. The summed E-state index contributed by atoms with van der Waals surface area (Å²) >= 11 is 0. The number of carbonyl (C=O) groups is 3. The SMILES string of the molecule is CCc1ccccc1NC(=O)CN1CC[C@@H]2NC(=O)[C@H](Cc3ccccc3)NC(=O)C3(C/C=C/C[C@H]2C1)CCOCC3. The van der Waals surface area contributed by atoms with Gasteiger partial charge in [-0.25, -0.2) is 0 Å². The maximum Gasteiger partial charge on any atom is 0.243 e. The number of rotatable bonds is 6. The molecule has 5 rings (SSSR count). The lowest BCUT2D eigenvalue weighted by atomic mass is 9.75. The van der Waals surface area contributed by atoms with Gasteiger partial charge in [0.1, 0.15) is 6.04 Å². The highest BCUT2D eigenvalue weighted by atomic mass is 16.5. The molecule has 0 aromatic heterocycles. The van der Waals surface area contributed by atoms with E-state index in [0.29, 0.717) is 58.5 Å². The van der Waals surface area contributed by atoms with Crippen LogP contribution in [0.2, 0.25) is 0 Å². The summed E-state index contributed by atoms with van der Waals surface area (Å²) in [6.45, 7) is 4.91. The molecule has 42 heavy (non-hydrogen) atoms. The number of fused-ring (bicyclic) bond motifs is 1. The first-order valence-electron chi connectivity index (χ1n) is 15.4. The summed E-state index contributed by atoms with van der Waals surface area (Å²) in [6.07, 6.45) is 9.03. The Morgan fingerprint density at radius 1 is 1.02 bits per heavy atom. The minimum atomic E-state index is -0.661. The van der Waals surface area contributed by atoms with Crippen LogP contribution in [0.5, 0.6) is 0 Å². The summed E-state index contributed by atoms with van der Waals surface area (Å²) in [7, 11) is 0. The number of anilines is 1. The van der Waals surface area contributed by atoms with Gasteiger partial charge in [-0.2, -0.15) is 0 Å². The van der Waals surface area contributed by atoms with Crippen LogP contribution in [0.3, 0.4) is 0 Å². The Hall–Kier alpha value is -3.49. The Morgan fingerprint density at radius 3 is 2.57 bits per heavy atom. The molecular formula is C34H44N4O4. The van der Waals surface area contributed by atoms with Crippen molar-refractivity contribution in [2.45, 2.75) is 64.0 Å². The number of likely N-dealkylation sites (tertiary alicyclic amines) is 1. The second-order valence-electron chi connectivity index (χ2n) is 12.0. The molecule has 3 N–H and O–H groups in total. The Balaban J connectivity index is 1.31. The van der Waals surface area contributed by atoms with Gasteiger partial charge in [0.2, 0.25) is 17.7 Å². The van der Waals surface area contributed by atoms with E-state index in [2.05, 4.69) is 39.9 Å². The third kappa shape index (κ3) is 7.47. The monoisotopic (exact) mass is 572 g/mol. The van der Waals surface area contributed by atoms with E-state index in [4.69, 9.17) is 4.74 Å². The molecule has 3 aliphatic heterocycles. The second-order valence-corrected chi connectivity index (χ2v) is 12.0. The predicted molar refractivity (Wildman–Crippen MR) is 164 cm³/mol. The van der Waals surface area contributed by atoms with Crippen LogP contribution in [0.15, 0.2) is 66.7 Å². The number of para-hydroxylation sites is 1. The molecule has 3 amide bonds. The van der Waals surface area contributed by atoms with Gasteiger partial charge in [0.25, 0.3) is 0 Å². The second kappa shape index (κ2) is 14.1. The summed E-state index contributed by atoms with van der Waals surface area (Å²) in [5, 5.41) is 9.56. The van der Waals surface area contributed by atoms with Crippen molar-refractivity contribution in [3.8, 4) is 0 Å². The minimum Gasteiger partial charge on any atom is -0.381 e. The van der Waals surface area contributed by atoms with Gasteiger partial charge in [0.05, 0.1) is 12.0 Å². The van der Waals surface area contributed by atoms with Crippen molar-refractivity contribution in [3.63, 3.8) is 0 Å². The molecule has 2 aromatic rings. The zero-order valence-electron chi connectivity index (χ0n) is 24.6. The number of hydrogen-bond donors (Lipinski definition) is 3. The van der Waals surface area contributed by atoms with E-state index in [0.717, 1.165) is 36.1 Å². The van der Waals surface area contributed by atoms with Crippen LogP contribution in [0.4, 0.5) is 5.69 Å². The Bertz CT molecular complexity index is 1260. The number of piperidine rings is 1. The van der Waals surface area contributed by atoms with Gasteiger partial charge in [0, 0.05) is 44.5 Å². The van der Waals surface area contributed by atoms with Gasteiger partial charge < -0.3 is 20.7 Å². The fraction of sp³-hybridized carbons (Fsp3) is 0.500. The fourth-order valence-electron chi connectivity index (χ4n) is 6.54. The summed E-state index contributed by atoms with van der Waals surface area (Å²) in [4.78, 5) is 42.7. The van der Waals surface area contributed by atoms with E-state index in [1.165, 1.54) is 0 Å². The van der Waals surface area contributed by atoms with Gasteiger partial charge in [-0.05, 0) is 61.6 Å². The van der Waals surface area contributed by atoms with Crippen LogP contribution in [-0.2, 0) is 32.0 Å². The summed E-state index contributed by atoms with van der Waals surface area (Å²) < 4.78 is 5.60. The summed E-state index contributed by atoms with van der Waals surface area (Å²) in [6, 6.07) is 17.1. The molecule has 1 spiro atoms.